The fraction of sp³-hybridized carbons (Fsp3) is 0.708. The highest BCUT2D eigenvalue weighted by atomic mass is 16.5. The monoisotopic (exact) mass is 430 g/mol. The van der Waals surface area contributed by atoms with Crippen LogP contribution in [0.25, 0.3) is 0 Å². The quantitative estimate of drug-likeness (QED) is 0.794. The van der Waals surface area contributed by atoms with Crippen LogP contribution in [0.5, 0.6) is 5.88 Å². The van der Waals surface area contributed by atoms with Crippen molar-refractivity contribution in [3.63, 3.8) is 0 Å². The Bertz CT molecular complexity index is 729. The Labute approximate surface area is 186 Å². The lowest BCUT2D eigenvalue weighted by Crippen LogP contribution is -2.54. The summed E-state index contributed by atoms with van der Waals surface area (Å²) >= 11 is 0. The van der Waals surface area contributed by atoms with Crippen molar-refractivity contribution in [2.75, 3.05) is 39.8 Å². The Kier molecular flexibility index (Phi) is 8.29. The van der Waals surface area contributed by atoms with E-state index in [2.05, 4.69) is 29.0 Å². The van der Waals surface area contributed by atoms with Gasteiger partial charge in [-0.25, -0.2) is 4.98 Å². The Balaban J connectivity index is 1.76. The minimum absolute atomic E-state index is 0.0360. The van der Waals surface area contributed by atoms with E-state index in [4.69, 9.17) is 4.74 Å². The molecule has 2 aliphatic rings. The molecule has 0 radical (unpaired) electrons. The fourth-order valence-corrected chi connectivity index (χ4v) is 5.05. The molecule has 1 aliphatic carbocycles. The van der Waals surface area contributed by atoms with Gasteiger partial charge in [-0.05, 0) is 31.2 Å². The van der Waals surface area contributed by atoms with E-state index in [9.17, 15) is 9.59 Å². The molecule has 2 fully saturated rings. The lowest BCUT2D eigenvalue weighted by molar-refractivity contribution is -0.125. The molecule has 7 heteroatoms. The van der Waals surface area contributed by atoms with Gasteiger partial charge in [0.05, 0.1) is 12.7 Å². The summed E-state index contributed by atoms with van der Waals surface area (Å²) in [7, 11) is 1.56. The second-order valence-electron chi connectivity index (χ2n) is 9.39. The SMILES string of the molecule is COc1ccc(C(=O)N2CCCN(CC(C)C)C3(CCCCC3)CC(=O)NCC2)cn1. The van der Waals surface area contributed by atoms with E-state index < -0.39 is 0 Å². The van der Waals surface area contributed by atoms with Crippen molar-refractivity contribution in [3.05, 3.63) is 23.9 Å². The summed E-state index contributed by atoms with van der Waals surface area (Å²) in [4.78, 5) is 34.6. The molecule has 3 rings (SSSR count). The van der Waals surface area contributed by atoms with Crippen LogP contribution in [0.3, 0.4) is 0 Å². The first-order chi connectivity index (χ1) is 14.9. The minimum Gasteiger partial charge on any atom is -0.481 e. The highest BCUT2D eigenvalue weighted by Crippen LogP contribution is 2.37. The summed E-state index contributed by atoms with van der Waals surface area (Å²) in [5, 5.41) is 3.08. The number of aromatic nitrogens is 1. The Hall–Kier alpha value is -2.15. The van der Waals surface area contributed by atoms with Gasteiger partial charge in [-0.2, -0.15) is 0 Å². The van der Waals surface area contributed by atoms with Gasteiger partial charge in [-0.3, -0.25) is 14.5 Å². The first kappa shape index (κ1) is 23.5. The van der Waals surface area contributed by atoms with Crippen molar-refractivity contribution in [2.45, 2.75) is 64.3 Å². The molecule has 1 aromatic rings. The molecule has 1 aliphatic heterocycles. The molecule has 0 aromatic carbocycles. The number of amides is 2. The lowest BCUT2D eigenvalue weighted by atomic mass is 9.77. The van der Waals surface area contributed by atoms with E-state index in [1.165, 1.54) is 19.3 Å². The maximum atomic E-state index is 13.1. The standard InChI is InChI=1S/C24H38N4O3/c1-19(2)18-28-14-7-13-27(23(30)20-8-9-22(31-3)26-17-20)15-12-25-21(29)16-24(28)10-5-4-6-11-24/h8-9,17,19H,4-7,10-16,18H2,1-3H3,(H,25,29). The zero-order valence-electron chi connectivity index (χ0n) is 19.4. The third-order valence-corrected chi connectivity index (χ3v) is 6.57. The third-order valence-electron chi connectivity index (χ3n) is 6.57. The number of hydrogen-bond acceptors (Lipinski definition) is 5. The maximum absolute atomic E-state index is 13.1. The molecule has 2 heterocycles. The predicted octanol–water partition coefficient (Wildman–Crippen LogP) is 3.10. The van der Waals surface area contributed by atoms with Crippen molar-refractivity contribution in [2.24, 2.45) is 5.92 Å². The zero-order chi connectivity index (χ0) is 22.3. The molecule has 0 bridgehead atoms. The van der Waals surface area contributed by atoms with Gasteiger partial charge >= 0.3 is 0 Å². The normalized spacial score (nSPS) is 20.9. The van der Waals surface area contributed by atoms with E-state index in [1.54, 1.807) is 25.4 Å². The average Bonchev–Trinajstić information content (AvgIpc) is 2.79. The third kappa shape index (κ3) is 6.19. The van der Waals surface area contributed by atoms with E-state index >= 15 is 0 Å². The van der Waals surface area contributed by atoms with E-state index in [1.807, 2.05) is 4.90 Å². The Morgan fingerprint density at radius 2 is 1.94 bits per heavy atom. The van der Waals surface area contributed by atoms with Gasteiger partial charge in [0.2, 0.25) is 11.8 Å². The first-order valence-corrected chi connectivity index (χ1v) is 11.7. The van der Waals surface area contributed by atoms with Crippen molar-refractivity contribution < 1.29 is 14.3 Å². The summed E-state index contributed by atoms with van der Waals surface area (Å²) in [5.74, 6) is 1.08. The van der Waals surface area contributed by atoms with Gasteiger partial charge in [-0.1, -0.05) is 33.1 Å². The highest BCUT2D eigenvalue weighted by Gasteiger charge is 2.40. The number of methoxy groups -OCH3 is 1. The number of carbonyl (C=O) groups is 2. The number of hydrogen-bond donors (Lipinski definition) is 1. The molecule has 31 heavy (non-hydrogen) atoms. The van der Waals surface area contributed by atoms with Crippen LogP contribution >= 0.6 is 0 Å². The summed E-state index contributed by atoms with van der Waals surface area (Å²) in [6.45, 7) is 8.05. The second-order valence-corrected chi connectivity index (χ2v) is 9.39. The minimum atomic E-state index is -0.0496. The molecule has 0 atom stereocenters. The average molecular weight is 431 g/mol. The second kappa shape index (κ2) is 10.9. The van der Waals surface area contributed by atoms with Gasteiger partial charge in [0.25, 0.3) is 5.91 Å². The topological polar surface area (TPSA) is 74.8 Å². The summed E-state index contributed by atoms with van der Waals surface area (Å²) in [5.41, 5.74) is 0.510. The maximum Gasteiger partial charge on any atom is 0.255 e. The van der Waals surface area contributed by atoms with Gasteiger partial charge in [-0.15, -0.1) is 0 Å². The van der Waals surface area contributed by atoms with Crippen LogP contribution in [0.15, 0.2) is 18.3 Å². The molecule has 1 saturated carbocycles. The number of carbonyl (C=O) groups excluding carboxylic acids is 2. The van der Waals surface area contributed by atoms with Crippen LogP contribution in [0.4, 0.5) is 0 Å². The smallest absolute Gasteiger partial charge is 0.255 e. The molecule has 0 unspecified atom stereocenters. The molecule has 7 nitrogen and oxygen atoms in total. The molecule has 1 N–H and O–H groups in total. The predicted molar refractivity (Wildman–Crippen MR) is 121 cm³/mol. The molecular weight excluding hydrogens is 392 g/mol. The van der Waals surface area contributed by atoms with Crippen LogP contribution < -0.4 is 10.1 Å². The lowest BCUT2D eigenvalue weighted by Gasteiger charge is -2.47. The largest absolute Gasteiger partial charge is 0.481 e. The molecule has 2 amide bonds. The number of rotatable bonds is 4. The van der Waals surface area contributed by atoms with Crippen LogP contribution in [0.1, 0.15) is 69.2 Å². The van der Waals surface area contributed by atoms with E-state index in [0.717, 1.165) is 32.4 Å². The van der Waals surface area contributed by atoms with Crippen molar-refractivity contribution in [1.29, 1.82) is 0 Å². The summed E-state index contributed by atoms with van der Waals surface area (Å²) in [6.07, 6.45) is 8.85. The van der Waals surface area contributed by atoms with Crippen LogP contribution in [-0.2, 0) is 4.79 Å². The highest BCUT2D eigenvalue weighted by molar-refractivity contribution is 5.94. The molecule has 1 aromatic heterocycles. The molecule has 1 saturated heterocycles. The van der Waals surface area contributed by atoms with Gasteiger partial charge in [0.15, 0.2) is 0 Å². The summed E-state index contributed by atoms with van der Waals surface area (Å²) < 4.78 is 5.10. The Morgan fingerprint density at radius 1 is 1.16 bits per heavy atom. The van der Waals surface area contributed by atoms with E-state index in [0.29, 0.717) is 43.4 Å². The van der Waals surface area contributed by atoms with Gasteiger partial charge in [0, 0.05) is 56.9 Å². The zero-order valence-corrected chi connectivity index (χ0v) is 19.4. The van der Waals surface area contributed by atoms with Crippen LogP contribution in [-0.4, -0.2) is 72.0 Å². The van der Waals surface area contributed by atoms with Crippen molar-refractivity contribution in [1.82, 2.24) is 20.1 Å². The molecule has 172 valence electrons. The molecule has 1 spiro atoms. The summed E-state index contributed by atoms with van der Waals surface area (Å²) in [6, 6.07) is 3.46. The number of nitrogens with one attached hydrogen (secondary N) is 1. The first-order valence-electron chi connectivity index (χ1n) is 11.7. The van der Waals surface area contributed by atoms with Gasteiger partial charge < -0.3 is 15.0 Å². The number of pyridine rings is 1. The van der Waals surface area contributed by atoms with Crippen LogP contribution in [0.2, 0.25) is 0 Å². The fourth-order valence-electron chi connectivity index (χ4n) is 5.05. The van der Waals surface area contributed by atoms with Gasteiger partial charge in [0.1, 0.15) is 0 Å². The van der Waals surface area contributed by atoms with Crippen molar-refractivity contribution in [3.8, 4) is 5.88 Å². The number of ether oxygens (including phenoxy) is 1. The number of nitrogens with zero attached hydrogens (tertiary/aromatic N) is 3. The Morgan fingerprint density at radius 3 is 2.58 bits per heavy atom. The van der Waals surface area contributed by atoms with Crippen LogP contribution in [0, 0.1) is 5.92 Å². The van der Waals surface area contributed by atoms with Crippen molar-refractivity contribution >= 4 is 11.8 Å². The van der Waals surface area contributed by atoms with E-state index in [-0.39, 0.29) is 17.4 Å². The molecular formula is C24H38N4O3.